The fourth-order valence-corrected chi connectivity index (χ4v) is 0.707. The predicted molar refractivity (Wildman–Crippen MR) is 49.2 cm³/mol. The second-order valence-corrected chi connectivity index (χ2v) is 2.96. The van der Waals surface area contributed by atoms with Crippen LogP contribution in [0.5, 0.6) is 0 Å². The summed E-state index contributed by atoms with van der Waals surface area (Å²) in [5.74, 6) is -0.289. The van der Waals surface area contributed by atoms with Gasteiger partial charge in [-0.25, -0.2) is 4.79 Å². The minimum Gasteiger partial charge on any atom is -0.374 e. The van der Waals surface area contributed by atoms with Crippen LogP contribution in [0.2, 0.25) is 0 Å². The normalized spacial score (nSPS) is 9.85. The van der Waals surface area contributed by atoms with Crippen LogP contribution in [0.1, 0.15) is 0 Å². The number of hydrogen-bond acceptors (Lipinski definition) is 6. The molecule has 1 heterocycles. The molecule has 0 amide bonds. The largest absolute Gasteiger partial charge is 0.444 e. The van der Waals surface area contributed by atoms with Gasteiger partial charge in [0.05, 0.1) is 0 Å². The molecule has 0 spiro atoms. The molecule has 1 aromatic rings. The van der Waals surface area contributed by atoms with Crippen molar-refractivity contribution >= 4 is 12.0 Å². The van der Waals surface area contributed by atoms with E-state index in [2.05, 4.69) is 9.97 Å². The first-order valence-corrected chi connectivity index (χ1v) is 3.74. The molecule has 6 nitrogen and oxygen atoms in total. The molecule has 0 saturated heterocycles. The zero-order chi connectivity index (χ0) is 10.0. The summed E-state index contributed by atoms with van der Waals surface area (Å²) in [5, 5.41) is 0. The van der Waals surface area contributed by atoms with E-state index in [0.717, 1.165) is 0 Å². The van der Waals surface area contributed by atoms with Crippen molar-refractivity contribution < 1.29 is 4.42 Å². The van der Waals surface area contributed by atoms with Gasteiger partial charge in [-0.15, -0.1) is 4.98 Å². The first-order chi connectivity index (χ1) is 6.00. The molecule has 0 atom stereocenters. The average molecular weight is 184 g/mol. The Bertz CT molecular complexity index is 315. The molecule has 0 saturated carbocycles. The van der Waals surface area contributed by atoms with Crippen molar-refractivity contribution in [1.82, 2.24) is 9.97 Å². The van der Waals surface area contributed by atoms with E-state index in [1.54, 1.807) is 38.0 Å². The summed E-state index contributed by atoms with van der Waals surface area (Å²) in [6, 6.07) is 0.253. The van der Waals surface area contributed by atoms with Gasteiger partial charge in [-0.05, 0) is 0 Å². The van der Waals surface area contributed by atoms with Gasteiger partial charge in [0.25, 0.3) is 0 Å². The Morgan fingerprint density at radius 1 is 1.08 bits per heavy atom. The smallest absolute Gasteiger partial charge is 0.374 e. The Morgan fingerprint density at radius 3 is 2.15 bits per heavy atom. The monoisotopic (exact) mass is 184 g/mol. The molecule has 0 aromatic carbocycles. The second kappa shape index (κ2) is 3.42. The molecule has 0 aliphatic heterocycles. The van der Waals surface area contributed by atoms with E-state index in [1.165, 1.54) is 0 Å². The Labute approximate surface area is 75.8 Å². The first-order valence-electron chi connectivity index (χ1n) is 3.74. The van der Waals surface area contributed by atoms with Gasteiger partial charge >= 0.3 is 11.8 Å². The van der Waals surface area contributed by atoms with Gasteiger partial charge < -0.3 is 14.2 Å². The molecule has 0 aliphatic rings. The topological polar surface area (TPSA) is 62.5 Å². The van der Waals surface area contributed by atoms with Crippen LogP contribution in [0, 0.1) is 0 Å². The van der Waals surface area contributed by atoms with E-state index in [1.807, 2.05) is 0 Å². The molecule has 0 radical (unpaired) electrons. The van der Waals surface area contributed by atoms with Crippen LogP contribution in [-0.2, 0) is 0 Å². The van der Waals surface area contributed by atoms with Crippen molar-refractivity contribution in [2.24, 2.45) is 0 Å². The lowest BCUT2D eigenvalue weighted by atomic mass is 10.8. The molecule has 6 heteroatoms. The van der Waals surface area contributed by atoms with E-state index in [4.69, 9.17) is 4.42 Å². The van der Waals surface area contributed by atoms with Crippen LogP contribution in [0.3, 0.4) is 0 Å². The first kappa shape index (κ1) is 9.50. The summed E-state index contributed by atoms with van der Waals surface area (Å²) in [6.07, 6.45) is 0. The lowest BCUT2D eigenvalue weighted by Crippen LogP contribution is -2.21. The molecule has 13 heavy (non-hydrogen) atoms. The molecule has 1 aromatic heterocycles. The van der Waals surface area contributed by atoms with Crippen LogP contribution in [0.15, 0.2) is 9.21 Å². The third-order valence-corrected chi connectivity index (χ3v) is 1.35. The van der Waals surface area contributed by atoms with Crippen LogP contribution < -0.4 is 15.6 Å². The van der Waals surface area contributed by atoms with Crippen molar-refractivity contribution in [1.29, 1.82) is 0 Å². The number of rotatable bonds is 2. The molecular weight excluding hydrogens is 172 g/mol. The fourth-order valence-electron chi connectivity index (χ4n) is 0.707. The van der Waals surface area contributed by atoms with Crippen molar-refractivity contribution in [3.05, 3.63) is 10.6 Å². The highest BCUT2D eigenvalue weighted by atomic mass is 16.4. The summed E-state index contributed by atoms with van der Waals surface area (Å²) in [5.41, 5.74) is 0. The summed E-state index contributed by atoms with van der Waals surface area (Å²) >= 11 is 0. The highest BCUT2D eigenvalue weighted by Crippen LogP contribution is 2.06. The van der Waals surface area contributed by atoms with Crippen molar-refractivity contribution in [2.75, 3.05) is 38.0 Å². The van der Waals surface area contributed by atoms with Crippen molar-refractivity contribution in [3.8, 4) is 0 Å². The van der Waals surface area contributed by atoms with E-state index in [0.29, 0.717) is 5.95 Å². The molecule has 0 fully saturated rings. The van der Waals surface area contributed by atoms with Crippen LogP contribution >= 0.6 is 0 Å². The highest BCUT2D eigenvalue weighted by molar-refractivity contribution is 5.32. The maximum atomic E-state index is 10.9. The van der Waals surface area contributed by atoms with Crippen LogP contribution in [-0.4, -0.2) is 38.2 Å². The van der Waals surface area contributed by atoms with Gasteiger partial charge in [0.15, 0.2) is 0 Å². The maximum Gasteiger partial charge on any atom is 0.444 e. The Hall–Kier alpha value is -1.59. The SMILES string of the molecule is CN(C)c1nc(N(C)C)oc(=O)n1. The average Bonchev–Trinajstić information content (AvgIpc) is 2.03. The number of hydrogen-bond donors (Lipinski definition) is 0. The zero-order valence-electron chi connectivity index (χ0n) is 8.11. The van der Waals surface area contributed by atoms with Gasteiger partial charge in [0.2, 0.25) is 5.95 Å². The fraction of sp³-hybridized carbons (Fsp3) is 0.571. The standard InChI is InChI=1S/C7H12N4O2/c1-10(2)5-8-6(11(3)4)13-7(12)9-5/h1-4H3. The summed E-state index contributed by atoms with van der Waals surface area (Å²) in [7, 11) is 7.00. The van der Waals surface area contributed by atoms with E-state index in [9.17, 15) is 4.79 Å². The Balaban J connectivity index is 3.19. The van der Waals surface area contributed by atoms with Crippen molar-refractivity contribution in [3.63, 3.8) is 0 Å². The Morgan fingerprint density at radius 2 is 1.69 bits per heavy atom. The van der Waals surface area contributed by atoms with Crippen molar-refractivity contribution in [2.45, 2.75) is 0 Å². The molecular formula is C7H12N4O2. The minimum absolute atomic E-state index is 0.253. The molecule has 1 rings (SSSR count). The lowest BCUT2D eigenvalue weighted by molar-refractivity contribution is 0.465. The number of anilines is 2. The molecule has 0 unspecified atom stereocenters. The van der Waals surface area contributed by atoms with Crippen LogP contribution in [0.25, 0.3) is 0 Å². The second-order valence-electron chi connectivity index (χ2n) is 2.96. The van der Waals surface area contributed by atoms with E-state index in [-0.39, 0.29) is 6.01 Å². The highest BCUT2D eigenvalue weighted by Gasteiger charge is 2.07. The Kier molecular flexibility index (Phi) is 2.50. The van der Waals surface area contributed by atoms with Gasteiger partial charge in [-0.2, -0.15) is 4.98 Å². The number of aromatic nitrogens is 2. The van der Waals surface area contributed by atoms with Gasteiger partial charge in [-0.1, -0.05) is 0 Å². The summed E-state index contributed by atoms with van der Waals surface area (Å²) in [4.78, 5) is 21.8. The minimum atomic E-state index is -0.637. The molecule has 0 aliphatic carbocycles. The zero-order valence-corrected chi connectivity index (χ0v) is 8.11. The number of nitrogens with zero attached hydrogens (tertiary/aromatic N) is 4. The lowest BCUT2D eigenvalue weighted by Gasteiger charge is -2.12. The van der Waals surface area contributed by atoms with Gasteiger partial charge in [0.1, 0.15) is 0 Å². The van der Waals surface area contributed by atoms with E-state index < -0.39 is 5.76 Å². The van der Waals surface area contributed by atoms with Gasteiger partial charge in [-0.3, -0.25) is 0 Å². The molecule has 0 bridgehead atoms. The third-order valence-electron chi connectivity index (χ3n) is 1.35. The molecule has 0 N–H and O–H groups in total. The third kappa shape index (κ3) is 2.17. The summed E-state index contributed by atoms with van der Waals surface area (Å²) < 4.78 is 4.75. The quantitative estimate of drug-likeness (QED) is 0.621. The van der Waals surface area contributed by atoms with Crippen LogP contribution in [0.4, 0.5) is 12.0 Å². The molecule has 72 valence electrons. The maximum absolute atomic E-state index is 10.9. The predicted octanol–water partition coefficient (Wildman–Crippen LogP) is -0.438. The summed E-state index contributed by atoms with van der Waals surface area (Å²) in [6.45, 7) is 0. The van der Waals surface area contributed by atoms with Gasteiger partial charge in [0, 0.05) is 28.2 Å². The van der Waals surface area contributed by atoms with E-state index >= 15 is 0 Å².